The maximum absolute atomic E-state index is 5.40. The number of furan rings is 1. The van der Waals surface area contributed by atoms with Crippen LogP contribution in [0.2, 0.25) is 0 Å². The fraction of sp³-hybridized carbons (Fsp3) is 0.444. The Labute approximate surface area is 77.0 Å². The number of rotatable bonds is 2. The van der Waals surface area contributed by atoms with Crippen molar-refractivity contribution in [1.29, 1.82) is 0 Å². The van der Waals surface area contributed by atoms with Crippen molar-refractivity contribution in [3.8, 4) is 0 Å². The molecule has 4 heteroatoms. The number of hydrogen-bond donors (Lipinski definition) is 2. The van der Waals surface area contributed by atoms with Crippen LogP contribution in [0.15, 0.2) is 21.5 Å². The summed E-state index contributed by atoms with van der Waals surface area (Å²) in [5.74, 6) is 2.75. The SMILES string of the molecule is Cc1ccc(CNC2=NCCN2)o1. The highest BCUT2D eigenvalue weighted by atomic mass is 16.3. The van der Waals surface area contributed by atoms with E-state index >= 15 is 0 Å². The average Bonchev–Trinajstić information content (AvgIpc) is 2.71. The predicted octanol–water partition coefficient (Wildman–Crippen LogP) is 0.637. The Morgan fingerprint density at radius 3 is 3.15 bits per heavy atom. The van der Waals surface area contributed by atoms with Crippen LogP contribution in [0, 0.1) is 6.92 Å². The summed E-state index contributed by atoms with van der Waals surface area (Å²) >= 11 is 0. The zero-order chi connectivity index (χ0) is 9.10. The first-order chi connectivity index (χ1) is 6.34. The van der Waals surface area contributed by atoms with Crippen molar-refractivity contribution >= 4 is 5.96 Å². The summed E-state index contributed by atoms with van der Waals surface area (Å²) < 4.78 is 5.40. The number of nitrogens with zero attached hydrogens (tertiary/aromatic N) is 1. The second kappa shape index (κ2) is 3.51. The Bertz CT molecular complexity index is 316. The molecule has 0 saturated heterocycles. The Morgan fingerprint density at radius 1 is 1.62 bits per heavy atom. The topological polar surface area (TPSA) is 49.6 Å². The molecule has 0 amide bonds. The second-order valence-electron chi connectivity index (χ2n) is 3.02. The van der Waals surface area contributed by atoms with Crippen LogP contribution in [0.1, 0.15) is 11.5 Å². The van der Waals surface area contributed by atoms with Gasteiger partial charge in [-0.15, -0.1) is 0 Å². The van der Waals surface area contributed by atoms with Gasteiger partial charge in [-0.25, -0.2) is 0 Å². The molecule has 70 valence electrons. The van der Waals surface area contributed by atoms with Gasteiger partial charge >= 0.3 is 0 Å². The molecule has 2 N–H and O–H groups in total. The molecule has 0 saturated carbocycles. The van der Waals surface area contributed by atoms with Crippen molar-refractivity contribution in [2.75, 3.05) is 13.1 Å². The van der Waals surface area contributed by atoms with Crippen molar-refractivity contribution in [1.82, 2.24) is 10.6 Å². The third kappa shape index (κ3) is 2.02. The highest BCUT2D eigenvalue weighted by molar-refractivity contribution is 5.81. The summed E-state index contributed by atoms with van der Waals surface area (Å²) in [6, 6.07) is 3.93. The summed E-state index contributed by atoms with van der Waals surface area (Å²) in [5, 5.41) is 6.29. The van der Waals surface area contributed by atoms with Gasteiger partial charge in [0.2, 0.25) is 0 Å². The third-order valence-corrected chi connectivity index (χ3v) is 1.90. The van der Waals surface area contributed by atoms with Crippen molar-refractivity contribution in [3.05, 3.63) is 23.7 Å². The maximum Gasteiger partial charge on any atom is 0.191 e. The summed E-state index contributed by atoms with van der Waals surface area (Å²) in [4.78, 5) is 4.21. The Morgan fingerprint density at radius 2 is 2.54 bits per heavy atom. The standard InChI is InChI=1S/C9H13N3O/c1-7-2-3-8(13-7)6-12-9-10-4-5-11-9/h2-3H,4-6H2,1H3,(H2,10,11,12). The molecular weight excluding hydrogens is 166 g/mol. The minimum atomic E-state index is 0.694. The Balaban J connectivity index is 1.85. The first kappa shape index (κ1) is 8.16. The highest BCUT2D eigenvalue weighted by Gasteiger charge is 2.04. The quantitative estimate of drug-likeness (QED) is 0.700. The van der Waals surface area contributed by atoms with Gasteiger partial charge in [-0.3, -0.25) is 4.99 Å². The molecule has 1 aliphatic heterocycles. The molecule has 0 spiro atoms. The summed E-state index contributed by atoms with van der Waals surface area (Å²) in [6.45, 7) is 4.42. The van der Waals surface area contributed by atoms with Crippen molar-refractivity contribution in [3.63, 3.8) is 0 Å². The fourth-order valence-corrected chi connectivity index (χ4v) is 1.27. The third-order valence-electron chi connectivity index (χ3n) is 1.90. The molecule has 2 rings (SSSR count). The summed E-state index contributed by atoms with van der Waals surface area (Å²) in [7, 11) is 0. The second-order valence-corrected chi connectivity index (χ2v) is 3.02. The zero-order valence-electron chi connectivity index (χ0n) is 7.63. The van der Waals surface area contributed by atoms with Crippen LogP contribution in [0.4, 0.5) is 0 Å². The lowest BCUT2D eigenvalue weighted by Crippen LogP contribution is -2.33. The van der Waals surface area contributed by atoms with E-state index < -0.39 is 0 Å². The van der Waals surface area contributed by atoms with Gasteiger partial charge in [-0.2, -0.15) is 0 Å². The molecule has 2 heterocycles. The Kier molecular flexibility index (Phi) is 2.21. The largest absolute Gasteiger partial charge is 0.465 e. The molecule has 1 aromatic rings. The van der Waals surface area contributed by atoms with E-state index in [1.54, 1.807) is 0 Å². The lowest BCUT2D eigenvalue weighted by molar-refractivity contribution is 0.477. The normalized spacial score (nSPS) is 15.3. The van der Waals surface area contributed by atoms with Crippen LogP contribution in [0.5, 0.6) is 0 Å². The molecule has 0 fully saturated rings. The highest BCUT2D eigenvalue weighted by Crippen LogP contribution is 2.05. The van der Waals surface area contributed by atoms with Crippen molar-refractivity contribution in [2.24, 2.45) is 4.99 Å². The van der Waals surface area contributed by atoms with E-state index in [0.717, 1.165) is 30.6 Å². The van der Waals surface area contributed by atoms with E-state index in [1.807, 2.05) is 19.1 Å². The lowest BCUT2D eigenvalue weighted by Gasteiger charge is -2.03. The van der Waals surface area contributed by atoms with Gasteiger partial charge in [-0.1, -0.05) is 0 Å². The van der Waals surface area contributed by atoms with Crippen molar-refractivity contribution < 1.29 is 4.42 Å². The smallest absolute Gasteiger partial charge is 0.191 e. The van der Waals surface area contributed by atoms with Crippen LogP contribution in [-0.2, 0) is 6.54 Å². The first-order valence-corrected chi connectivity index (χ1v) is 4.42. The average molecular weight is 179 g/mol. The van der Waals surface area contributed by atoms with Gasteiger partial charge in [0, 0.05) is 6.54 Å². The van der Waals surface area contributed by atoms with Gasteiger partial charge in [0.25, 0.3) is 0 Å². The van der Waals surface area contributed by atoms with Gasteiger partial charge in [0.15, 0.2) is 5.96 Å². The molecule has 1 aromatic heterocycles. The zero-order valence-corrected chi connectivity index (χ0v) is 7.63. The van der Waals surface area contributed by atoms with Gasteiger partial charge < -0.3 is 15.1 Å². The van der Waals surface area contributed by atoms with E-state index in [2.05, 4.69) is 15.6 Å². The molecule has 0 aliphatic carbocycles. The van der Waals surface area contributed by atoms with Gasteiger partial charge in [0.05, 0.1) is 13.1 Å². The van der Waals surface area contributed by atoms with Gasteiger partial charge in [-0.05, 0) is 19.1 Å². The number of hydrogen-bond acceptors (Lipinski definition) is 4. The lowest BCUT2D eigenvalue weighted by atomic mass is 10.4. The van der Waals surface area contributed by atoms with Crippen LogP contribution in [-0.4, -0.2) is 19.0 Å². The molecule has 0 unspecified atom stereocenters. The number of guanidine groups is 1. The van der Waals surface area contributed by atoms with Crippen LogP contribution in [0.3, 0.4) is 0 Å². The summed E-state index contributed by atoms with van der Waals surface area (Å²) in [5.41, 5.74) is 0. The van der Waals surface area contributed by atoms with Gasteiger partial charge in [0.1, 0.15) is 11.5 Å². The number of aryl methyl sites for hydroxylation is 1. The molecular formula is C9H13N3O. The first-order valence-electron chi connectivity index (χ1n) is 4.42. The minimum Gasteiger partial charge on any atom is -0.465 e. The molecule has 0 aromatic carbocycles. The van der Waals surface area contributed by atoms with E-state index in [-0.39, 0.29) is 0 Å². The van der Waals surface area contributed by atoms with Crippen LogP contribution >= 0.6 is 0 Å². The number of nitrogens with one attached hydrogen (secondary N) is 2. The van der Waals surface area contributed by atoms with Crippen molar-refractivity contribution in [2.45, 2.75) is 13.5 Å². The predicted molar refractivity (Wildman–Crippen MR) is 50.6 cm³/mol. The van der Waals surface area contributed by atoms with E-state index in [4.69, 9.17) is 4.42 Å². The van der Waals surface area contributed by atoms with E-state index in [1.165, 1.54) is 0 Å². The van der Waals surface area contributed by atoms with E-state index in [9.17, 15) is 0 Å². The molecule has 1 aliphatic rings. The fourth-order valence-electron chi connectivity index (χ4n) is 1.27. The Hall–Kier alpha value is -1.45. The maximum atomic E-state index is 5.40. The van der Waals surface area contributed by atoms with Crippen LogP contribution < -0.4 is 10.6 Å². The summed E-state index contributed by atoms with van der Waals surface area (Å²) in [6.07, 6.45) is 0. The molecule has 4 nitrogen and oxygen atoms in total. The van der Waals surface area contributed by atoms with E-state index in [0.29, 0.717) is 6.54 Å². The molecule has 0 radical (unpaired) electrons. The molecule has 0 atom stereocenters. The molecule has 0 bridgehead atoms. The van der Waals surface area contributed by atoms with Crippen LogP contribution in [0.25, 0.3) is 0 Å². The minimum absolute atomic E-state index is 0.694. The number of aliphatic imine (C=N–C) groups is 1. The molecule has 13 heavy (non-hydrogen) atoms. The monoisotopic (exact) mass is 179 g/mol.